The van der Waals surface area contributed by atoms with Gasteiger partial charge in [0.2, 0.25) is 0 Å². The number of hydrogen-bond donors (Lipinski definition) is 1. The van der Waals surface area contributed by atoms with Gasteiger partial charge < -0.3 is 15.2 Å². The lowest BCUT2D eigenvalue weighted by Crippen LogP contribution is -2.19. The number of methoxy groups -OCH3 is 1. The van der Waals surface area contributed by atoms with E-state index in [0.29, 0.717) is 12.5 Å². The van der Waals surface area contributed by atoms with E-state index in [9.17, 15) is 0 Å². The molecule has 1 aromatic carbocycles. The first kappa shape index (κ1) is 16.6. The van der Waals surface area contributed by atoms with E-state index in [4.69, 9.17) is 15.2 Å². The summed E-state index contributed by atoms with van der Waals surface area (Å²) in [6, 6.07) is 8.41. The Morgan fingerprint density at radius 3 is 2.79 bits per heavy atom. The third kappa shape index (κ3) is 7.67. The molecule has 0 aliphatic rings. The molecule has 1 rings (SSSR count). The molecule has 1 atom stereocenters. The third-order valence-corrected chi connectivity index (χ3v) is 3.55. The van der Waals surface area contributed by atoms with Crippen LogP contribution >= 0.6 is 15.9 Å². The van der Waals surface area contributed by atoms with Gasteiger partial charge in [0.25, 0.3) is 0 Å². The van der Waals surface area contributed by atoms with E-state index >= 15 is 0 Å². The van der Waals surface area contributed by atoms with Gasteiger partial charge in [0, 0.05) is 31.4 Å². The smallest absolute Gasteiger partial charge is 0.0487 e. The van der Waals surface area contributed by atoms with Crippen LogP contribution in [0, 0.1) is 5.92 Å². The number of halogens is 1. The first-order valence-electron chi connectivity index (χ1n) is 6.77. The largest absolute Gasteiger partial charge is 0.385 e. The minimum atomic E-state index is 0.483. The van der Waals surface area contributed by atoms with E-state index < -0.39 is 0 Å². The maximum absolute atomic E-state index is 5.83. The second-order valence-electron chi connectivity index (χ2n) is 4.68. The monoisotopic (exact) mass is 329 g/mol. The standard InChI is InChI=1S/C15H24BrNO2/c1-18-7-3-8-19-9-6-14(12-17)10-13-4-2-5-15(16)11-13/h2,4-5,11,14H,3,6-10,12,17H2,1H3. The zero-order chi connectivity index (χ0) is 13.9. The Morgan fingerprint density at radius 1 is 1.26 bits per heavy atom. The highest BCUT2D eigenvalue weighted by Gasteiger charge is 2.08. The number of rotatable bonds is 10. The van der Waals surface area contributed by atoms with Gasteiger partial charge in [-0.15, -0.1) is 0 Å². The van der Waals surface area contributed by atoms with Crippen LogP contribution < -0.4 is 5.73 Å². The predicted octanol–water partition coefficient (Wildman–Crippen LogP) is 3.01. The van der Waals surface area contributed by atoms with Crippen LogP contribution in [0.5, 0.6) is 0 Å². The maximum atomic E-state index is 5.83. The maximum Gasteiger partial charge on any atom is 0.0487 e. The van der Waals surface area contributed by atoms with Gasteiger partial charge >= 0.3 is 0 Å². The van der Waals surface area contributed by atoms with E-state index in [1.54, 1.807) is 7.11 Å². The summed E-state index contributed by atoms with van der Waals surface area (Å²) in [7, 11) is 1.71. The number of hydrogen-bond acceptors (Lipinski definition) is 3. The zero-order valence-corrected chi connectivity index (χ0v) is 13.2. The van der Waals surface area contributed by atoms with Gasteiger partial charge in [0.05, 0.1) is 0 Å². The summed E-state index contributed by atoms with van der Waals surface area (Å²) >= 11 is 3.49. The topological polar surface area (TPSA) is 44.5 Å². The molecule has 2 N–H and O–H groups in total. The quantitative estimate of drug-likeness (QED) is 0.671. The van der Waals surface area contributed by atoms with E-state index in [2.05, 4.69) is 34.1 Å². The van der Waals surface area contributed by atoms with Crippen molar-refractivity contribution in [1.29, 1.82) is 0 Å². The summed E-state index contributed by atoms with van der Waals surface area (Å²) in [5.41, 5.74) is 7.16. The Bertz CT molecular complexity index is 347. The Labute approximate surface area is 124 Å². The second-order valence-corrected chi connectivity index (χ2v) is 5.60. The fourth-order valence-corrected chi connectivity index (χ4v) is 2.40. The Morgan fingerprint density at radius 2 is 2.11 bits per heavy atom. The number of ether oxygens (including phenoxy) is 2. The minimum Gasteiger partial charge on any atom is -0.385 e. The average Bonchev–Trinajstić information content (AvgIpc) is 2.41. The summed E-state index contributed by atoms with van der Waals surface area (Å²) in [6.45, 7) is 3.01. The third-order valence-electron chi connectivity index (χ3n) is 3.05. The summed E-state index contributed by atoms with van der Waals surface area (Å²) in [6.07, 6.45) is 2.97. The fraction of sp³-hybridized carbons (Fsp3) is 0.600. The van der Waals surface area contributed by atoms with Gasteiger partial charge in [-0.25, -0.2) is 0 Å². The van der Waals surface area contributed by atoms with Crippen LogP contribution in [0.3, 0.4) is 0 Å². The van der Waals surface area contributed by atoms with Crippen molar-refractivity contribution in [3.8, 4) is 0 Å². The van der Waals surface area contributed by atoms with E-state index in [1.807, 2.05) is 6.07 Å². The molecular weight excluding hydrogens is 306 g/mol. The van der Waals surface area contributed by atoms with Gasteiger partial charge in [-0.3, -0.25) is 0 Å². The van der Waals surface area contributed by atoms with Gasteiger partial charge in [-0.05, 0) is 49.4 Å². The zero-order valence-electron chi connectivity index (χ0n) is 11.6. The second kappa shape index (κ2) is 10.4. The molecule has 0 radical (unpaired) electrons. The lowest BCUT2D eigenvalue weighted by atomic mass is 9.97. The van der Waals surface area contributed by atoms with Gasteiger partial charge in [-0.2, -0.15) is 0 Å². The normalized spacial score (nSPS) is 12.6. The molecule has 0 heterocycles. The Kier molecular flexibility index (Phi) is 9.08. The van der Waals surface area contributed by atoms with Gasteiger partial charge in [-0.1, -0.05) is 28.1 Å². The van der Waals surface area contributed by atoms with Crippen molar-refractivity contribution >= 4 is 15.9 Å². The first-order valence-corrected chi connectivity index (χ1v) is 7.56. The minimum absolute atomic E-state index is 0.483. The lowest BCUT2D eigenvalue weighted by molar-refractivity contribution is 0.0942. The molecular formula is C15H24BrNO2. The van der Waals surface area contributed by atoms with Crippen LogP contribution in [0.2, 0.25) is 0 Å². The highest BCUT2D eigenvalue weighted by Crippen LogP contribution is 2.16. The summed E-state index contributed by atoms with van der Waals surface area (Å²) in [5, 5.41) is 0. The van der Waals surface area contributed by atoms with Crippen molar-refractivity contribution < 1.29 is 9.47 Å². The van der Waals surface area contributed by atoms with Crippen molar-refractivity contribution in [2.75, 3.05) is 33.5 Å². The number of benzene rings is 1. The average molecular weight is 330 g/mol. The van der Waals surface area contributed by atoms with Crippen LogP contribution in [0.15, 0.2) is 28.7 Å². The fourth-order valence-electron chi connectivity index (χ4n) is 1.96. The summed E-state index contributed by atoms with van der Waals surface area (Å²) in [4.78, 5) is 0. The van der Waals surface area contributed by atoms with Crippen LogP contribution in [0.1, 0.15) is 18.4 Å². The molecule has 0 bridgehead atoms. The molecule has 0 saturated carbocycles. The molecule has 0 saturated heterocycles. The van der Waals surface area contributed by atoms with Crippen LogP contribution in [0.25, 0.3) is 0 Å². The van der Waals surface area contributed by atoms with Crippen LogP contribution in [-0.4, -0.2) is 33.5 Å². The molecule has 0 aliphatic heterocycles. The van der Waals surface area contributed by atoms with Gasteiger partial charge in [0.15, 0.2) is 0 Å². The molecule has 0 amide bonds. The Hall–Kier alpha value is -0.420. The van der Waals surface area contributed by atoms with Crippen molar-refractivity contribution in [2.24, 2.45) is 11.7 Å². The Balaban J connectivity index is 2.22. The van der Waals surface area contributed by atoms with Crippen molar-refractivity contribution in [3.05, 3.63) is 34.3 Å². The lowest BCUT2D eigenvalue weighted by Gasteiger charge is -2.15. The molecule has 0 aliphatic carbocycles. The van der Waals surface area contributed by atoms with E-state index in [-0.39, 0.29) is 0 Å². The molecule has 1 unspecified atom stereocenters. The SMILES string of the molecule is COCCCOCCC(CN)Cc1cccc(Br)c1. The van der Waals surface area contributed by atoms with Crippen molar-refractivity contribution in [2.45, 2.75) is 19.3 Å². The molecule has 1 aromatic rings. The summed E-state index contributed by atoms with van der Waals surface area (Å²) in [5.74, 6) is 0.483. The molecule has 4 heteroatoms. The molecule has 0 aromatic heterocycles. The highest BCUT2D eigenvalue weighted by atomic mass is 79.9. The highest BCUT2D eigenvalue weighted by molar-refractivity contribution is 9.10. The van der Waals surface area contributed by atoms with Crippen molar-refractivity contribution in [3.63, 3.8) is 0 Å². The molecule has 3 nitrogen and oxygen atoms in total. The van der Waals surface area contributed by atoms with Crippen LogP contribution in [0.4, 0.5) is 0 Å². The molecule has 0 spiro atoms. The molecule has 19 heavy (non-hydrogen) atoms. The van der Waals surface area contributed by atoms with E-state index in [1.165, 1.54) is 5.56 Å². The first-order chi connectivity index (χ1) is 9.26. The molecule has 0 fully saturated rings. The van der Waals surface area contributed by atoms with Crippen LogP contribution in [-0.2, 0) is 15.9 Å². The molecule has 108 valence electrons. The predicted molar refractivity (Wildman–Crippen MR) is 82.3 cm³/mol. The van der Waals surface area contributed by atoms with Gasteiger partial charge in [0.1, 0.15) is 0 Å². The number of nitrogens with two attached hydrogens (primary N) is 1. The van der Waals surface area contributed by atoms with Crippen molar-refractivity contribution in [1.82, 2.24) is 0 Å². The van der Waals surface area contributed by atoms with E-state index in [0.717, 1.165) is 43.6 Å². The summed E-state index contributed by atoms with van der Waals surface area (Å²) < 4.78 is 11.7.